The highest BCUT2D eigenvalue weighted by molar-refractivity contribution is 5.90. The zero-order valence-corrected chi connectivity index (χ0v) is 13.5. The van der Waals surface area contributed by atoms with Gasteiger partial charge in [-0.05, 0) is 29.8 Å². The van der Waals surface area contributed by atoms with Gasteiger partial charge < -0.3 is 0 Å². The topological polar surface area (TPSA) is 20.6 Å². The van der Waals surface area contributed by atoms with Gasteiger partial charge in [-0.1, -0.05) is 14.9 Å². The minimum absolute atomic E-state index is 0.878. The molecule has 0 fully saturated rings. The highest BCUT2D eigenvalue weighted by atomic mass is 15.5. The Morgan fingerprint density at radius 3 is 2.00 bits per heavy atom. The first kappa shape index (κ1) is 15.0. The summed E-state index contributed by atoms with van der Waals surface area (Å²) in [5.41, 5.74) is 1.23. The fraction of sp³-hybridized carbons (Fsp3) is 0.312. The van der Waals surface area contributed by atoms with Gasteiger partial charge in [0.1, 0.15) is 12.4 Å². The van der Waals surface area contributed by atoms with Crippen LogP contribution in [0.3, 0.4) is 0 Å². The summed E-state index contributed by atoms with van der Waals surface area (Å²) in [4.78, 5) is 0. The molecule has 0 radical (unpaired) electrons. The molecule has 5 nitrogen and oxygen atoms in total. The highest BCUT2D eigenvalue weighted by Crippen LogP contribution is 2.02. The molecule has 0 atom stereocenters. The Bertz CT molecular complexity index is 723. The van der Waals surface area contributed by atoms with Crippen molar-refractivity contribution in [3.8, 4) is 0 Å². The Balaban J connectivity index is 2.59. The van der Waals surface area contributed by atoms with E-state index in [1.54, 1.807) is 0 Å². The summed E-state index contributed by atoms with van der Waals surface area (Å²) in [5.74, 6) is 1.92. The van der Waals surface area contributed by atoms with E-state index >= 15 is 0 Å². The lowest BCUT2D eigenvalue weighted by Gasteiger charge is -2.06. The molecule has 0 amide bonds. The average molecular weight is 286 g/mol. The van der Waals surface area contributed by atoms with Crippen LogP contribution in [-0.2, 0) is 14.1 Å². The third-order valence-electron chi connectivity index (χ3n) is 3.39. The SMILES string of the molecule is C=C(n1ccc[n+]1C)[N+](C)=C(C=C(C)C)n1ccc[n+]1C. The quantitative estimate of drug-likeness (QED) is 0.454. The van der Waals surface area contributed by atoms with Crippen molar-refractivity contribution in [1.29, 1.82) is 0 Å². The lowest BCUT2D eigenvalue weighted by atomic mass is 10.3. The van der Waals surface area contributed by atoms with Gasteiger partial charge in [-0.15, -0.1) is 0 Å². The van der Waals surface area contributed by atoms with Gasteiger partial charge in [-0.2, -0.15) is 0 Å². The molecule has 0 saturated heterocycles. The summed E-state index contributed by atoms with van der Waals surface area (Å²) in [6.45, 7) is 8.41. The molecule has 110 valence electrons. The summed E-state index contributed by atoms with van der Waals surface area (Å²) in [5, 5.41) is 0. The third kappa shape index (κ3) is 3.02. The second-order valence-electron chi connectivity index (χ2n) is 5.37. The van der Waals surface area contributed by atoms with Crippen molar-refractivity contribution >= 4 is 11.7 Å². The van der Waals surface area contributed by atoms with Gasteiger partial charge in [0.15, 0.2) is 14.1 Å². The molecule has 21 heavy (non-hydrogen) atoms. The van der Waals surface area contributed by atoms with Crippen LogP contribution in [0.5, 0.6) is 0 Å². The van der Waals surface area contributed by atoms with Gasteiger partial charge in [-0.3, -0.25) is 0 Å². The van der Waals surface area contributed by atoms with Crippen molar-refractivity contribution in [3.63, 3.8) is 0 Å². The van der Waals surface area contributed by atoms with Crippen LogP contribution in [0.4, 0.5) is 0 Å². The number of hydrogen-bond donors (Lipinski definition) is 0. The number of hydrogen-bond acceptors (Lipinski definition) is 0. The average Bonchev–Trinajstić information content (AvgIpc) is 3.03. The Morgan fingerprint density at radius 2 is 1.57 bits per heavy atom. The molecule has 0 bridgehead atoms. The maximum atomic E-state index is 4.22. The van der Waals surface area contributed by atoms with Gasteiger partial charge >= 0.3 is 0 Å². The first-order valence-electron chi connectivity index (χ1n) is 6.93. The molecule has 0 unspecified atom stereocenters. The van der Waals surface area contributed by atoms with Gasteiger partial charge in [0, 0.05) is 18.2 Å². The molecule has 0 spiro atoms. The fourth-order valence-electron chi connectivity index (χ4n) is 2.21. The van der Waals surface area contributed by atoms with E-state index in [0.29, 0.717) is 0 Å². The van der Waals surface area contributed by atoms with E-state index in [9.17, 15) is 0 Å². The van der Waals surface area contributed by atoms with Gasteiger partial charge in [0.25, 0.3) is 11.7 Å². The van der Waals surface area contributed by atoms with Crippen molar-refractivity contribution < 1.29 is 13.9 Å². The Morgan fingerprint density at radius 1 is 1.05 bits per heavy atom. The summed E-state index contributed by atoms with van der Waals surface area (Å²) in [6, 6.07) is 4.01. The Hall–Kier alpha value is -2.43. The van der Waals surface area contributed by atoms with E-state index in [0.717, 1.165) is 11.7 Å². The molecule has 0 aliphatic carbocycles. The highest BCUT2D eigenvalue weighted by Gasteiger charge is 2.22. The van der Waals surface area contributed by atoms with Gasteiger partial charge in [0.05, 0.1) is 7.05 Å². The zero-order chi connectivity index (χ0) is 15.6. The van der Waals surface area contributed by atoms with E-state index < -0.39 is 0 Å². The smallest absolute Gasteiger partial charge is 0.226 e. The maximum absolute atomic E-state index is 4.22. The molecular weight excluding hydrogens is 262 g/mol. The standard InChI is InChI=1S/C16H24N5/c1-14(2)13-16(21-12-8-10-18(21)5)19(6)15(3)20-11-7-9-17(20)4/h7-13H,3H2,1-2,4-6H3/q+3. The lowest BCUT2D eigenvalue weighted by Crippen LogP contribution is -2.45. The molecule has 0 aliphatic rings. The summed E-state index contributed by atoms with van der Waals surface area (Å²) in [7, 11) is 6.04. The number of aryl methyl sites for hydroxylation is 2. The van der Waals surface area contributed by atoms with Crippen molar-refractivity contribution in [2.75, 3.05) is 7.05 Å². The Labute approximate surface area is 125 Å². The molecule has 0 aliphatic heterocycles. The summed E-state index contributed by atoms with van der Waals surface area (Å²) in [6.07, 6.45) is 10.2. The van der Waals surface area contributed by atoms with Gasteiger partial charge in [0.2, 0.25) is 12.4 Å². The number of aromatic nitrogens is 4. The van der Waals surface area contributed by atoms with Crippen LogP contribution in [0.15, 0.2) is 55.1 Å². The molecule has 2 rings (SSSR count). The summed E-state index contributed by atoms with van der Waals surface area (Å²) >= 11 is 0. The first-order chi connectivity index (χ1) is 9.91. The second-order valence-corrected chi connectivity index (χ2v) is 5.37. The minimum atomic E-state index is 0.878. The zero-order valence-electron chi connectivity index (χ0n) is 13.5. The van der Waals surface area contributed by atoms with Crippen LogP contribution in [0.1, 0.15) is 13.8 Å². The van der Waals surface area contributed by atoms with Crippen LogP contribution >= 0.6 is 0 Å². The third-order valence-corrected chi connectivity index (χ3v) is 3.39. The largest absolute Gasteiger partial charge is 0.289 e. The Kier molecular flexibility index (Phi) is 4.21. The molecule has 0 saturated carbocycles. The normalized spacial score (nSPS) is 12.0. The first-order valence-corrected chi connectivity index (χ1v) is 6.93. The van der Waals surface area contributed by atoms with Crippen LogP contribution in [0, 0.1) is 0 Å². The molecule has 2 aromatic heterocycles. The van der Waals surface area contributed by atoms with Gasteiger partial charge in [-0.25, -0.2) is 4.58 Å². The molecule has 0 N–H and O–H groups in total. The minimum Gasteiger partial charge on any atom is -0.226 e. The van der Waals surface area contributed by atoms with E-state index in [4.69, 9.17) is 0 Å². The maximum Gasteiger partial charge on any atom is 0.289 e. The second kappa shape index (κ2) is 5.91. The lowest BCUT2D eigenvalue weighted by molar-refractivity contribution is -0.752. The van der Waals surface area contributed by atoms with Crippen molar-refractivity contribution in [1.82, 2.24) is 9.36 Å². The van der Waals surface area contributed by atoms with E-state index in [1.807, 2.05) is 72.1 Å². The number of nitrogens with zero attached hydrogens (tertiary/aromatic N) is 5. The van der Waals surface area contributed by atoms with Crippen LogP contribution in [0.25, 0.3) is 5.82 Å². The molecule has 2 aromatic rings. The monoisotopic (exact) mass is 286 g/mol. The predicted molar refractivity (Wildman–Crippen MR) is 82.6 cm³/mol. The molecular formula is C16H24N5+3. The fourth-order valence-corrected chi connectivity index (χ4v) is 2.21. The number of allylic oxidation sites excluding steroid dienone is 2. The number of rotatable bonds is 3. The van der Waals surface area contributed by atoms with E-state index in [-0.39, 0.29) is 0 Å². The van der Waals surface area contributed by atoms with Crippen molar-refractivity contribution in [2.24, 2.45) is 14.1 Å². The van der Waals surface area contributed by atoms with Crippen LogP contribution in [-0.4, -0.2) is 26.8 Å². The van der Waals surface area contributed by atoms with E-state index in [2.05, 4.69) is 35.8 Å². The van der Waals surface area contributed by atoms with Crippen molar-refractivity contribution in [2.45, 2.75) is 13.8 Å². The van der Waals surface area contributed by atoms with E-state index in [1.165, 1.54) is 5.57 Å². The van der Waals surface area contributed by atoms with Crippen molar-refractivity contribution in [3.05, 3.63) is 55.1 Å². The van der Waals surface area contributed by atoms with Crippen LogP contribution < -0.4 is 9.36 Å². The summed E-state index contributed by atoms with van der Waals surface area (Å²) < 4.78 is 10.2. The molecule has 2 heterocycles. The van der Waals surface area contributed by atoms with Crippen LogP contribution in [0.2, 0.25) is 0 Å². The molecule has 0 aromatic carbocycles. The molecule has 5 heteroatoms. The predicted octanol–water partition coefficient (Wildman–Crippen LogP) is 0.922.